The van der Waals surface area contributed by atoms with E-state index in [2.05, 4.69) is 41.2 Å². The van der Waals surface area contributed by atoms with Gasteiger partial charge in [0.1, 0.15) is 8.07 Å². The molecule has 2 heterocycles. The Bertz CT molecular complexity index is 515. The Morgan fingerprint density at radius 3 is 2.53 bits per heavy atom. The van der Waals surface area contributed by atoms with Gasteiger partial charge in [-0.3, -0.25) is 9.80 Å². The van der Waals surface area contributed by atoms with Gasteiger partial charge in [-0.1, -0.05) is 19.6 Å². The Kier molecular flexibility index (Phi) is 3.86. The average Bonchev–Trinajstić information content (AvgIpc) is 2.37. The van der Waals surface area contributed by atoms with Crippen LogP contribution < -0.4 is 4.90 Å². The molecule has 19 heavy (non-hydrogen) atoms. The lowest BCUT2D eigenvalue weighted by Gasteiger charge is -2.30. The van der Waals surface area contributed by atoms with Crippen molar-refractivity contribution in [1.82, 2.24) is 14.9 Å². The number of amides is 2. The van der Waals surface area contributed by atoms with E-state index in [1.54, 1.807) is 28.3 Å². The molecule has 6 heteroatoms. The van der Waals surface area contributed by atoms with Gasteiger partial charge in [-0.2, -0.15) is 0 Å². The lowest BCUT2D eigenvalue weighted by molar-refractivity contribution is 0.217. The van der Waals surface area contributed by atoms with Crippen LogP contribution in [0.25, 0.3) is 0 Å². The Morgan fingerprint density at radius 2 is 1.89 bits per heavy atom. The summed E-state index contributed by atoms with van der Waals surface area (Å²) in [6.45, 7) is 7.80. The van der Waals surface area contributed by atoms with Crippen molar-refractivity contribution in [2.75, 3.05) is 18.0 Å². The van der Waals surface area contributed by atoms with Gasteiger partial charge in [-0.15, -0.1) is 5.54 Å². The van der Waals surface area contributed by atoms with E-state index in [1.165, 1.54) is 0 Å². The van der Waals surface area contributed by atoms with Gasteiger partial charge < -0.3 is 0 Å². The van der Waals surface area contributed by atoms with Crippen LogP contribution in [0.4, 0.5) is 10.7 Å². The molecule has 2 amide bonds. The number of aromatic nitrogens is 2. The number of carbonyl (C=O) groups excluding carboxylic acids is 1. The van der Waals surface area contributed by atoms with Crippen molar-refractivity contribution in [3.63, 3.8) is 0 Å². The summed E-state index contributed by atoms with van der Waals surface area (Å²) in [6.07, 6.45) is 4.16. The molecule has 0 spiro atoms. The van der Waals surface area contributed by atoms with E-state index >= 15 is 0 Å². The molecule has 1 aliphatic rings. The lowest BCUT2D eigenvalue weighted by Crippen LogP contribution is -2.48. The monoisotopic (exact) mass is 274 g/mol. The zero-order valence-corrected chi connectivity index (χ0v) is 12.6. The van der Waals surface area contributed by atoms with Crippen molar-refractivity contribution in [3.05, 3.63) is 18.5 Å². The number of hydrogen-bond acceptors (Lipinski definition) is 3. The Balaban J connectivity index is 2.17. The molecule has 2 rings (SSSR count). The molecule has 0 unspecified atom stereocenters. The molecule has 0 bridgehead atoms. The minimum absolute atomic E-state index is 0.122. The number of nitrogens with zero attached hydrogens (tertiary/aromatic N) is 4. The highest BCUT2D eigenvalue weighted by Crippen LogP contribution is 2.14. The van der Waals surface area contributed by atoms with E-state index in [0.717, 1.165) is 6.42 Å². The van der Waals surface area contributed by atoms with Gasteiger partial charge in [0.15, 0.2) is 0 Å². The van der Waals surface area contributed by atoms with Gasteiger partial charge in [0, 0.05) is 31.5 Å². The van der Waals surface area contributed by atoms with Gasteiger partial charge in [0.25, 0.3) is 0 Å². The minimum atomic E-state index is -1.48. The molecule has 1 aromatic rings. The van der Waals surface area contributed by atoms with Crippen LogP contribution in [0.2, 0.25) is 19.6 Å². The molecular formula is C13H18N4OSi. The van der Waals surface area contributed by atoms with Crippen molar-refractivity contribution in [2.24, 2.45) is 0 Å². The third kappa shape index (κ3) is 3.55. The van der Waals surface area contributed by atoms with Crippen LogP contribution in [-0.4, -0.2) is 42.1 Å². The van der Waals surface area contributed by atoms with E-state index in [4.69, 9.17) is 0 Å². The molecule has 1 aliphatic heterocycles. The Hall–Kier alpha value is -1.87. The molecule has 0 aliphatic carbocycles. The summed E-state index contributed by atoms with van der Waals surface area (Å²) in [7, 11) is -1.48. The van der Waals surface area contributed by atoms with Gasteiger partial charge in [-0.05, 0) is 12.5 Å². The zero-order chi connectivity index (χ0) is 13.9. The van der Waals surface area contributed by atoms with E-state index in [-0.39, 0.29) is 6.03 Å². The van der Waals surface area contributed by atoms with Crippen LogP contribution in [0.3, 0.4) is 0 Å². The first-order valence-corrected chi connectivity index (χ1v) is 9.86. The lowest BCUT2D eigenvalue weighted by atomic mass is 10.3. The van der Waals surface area contributed by atoms with Crippen molar-refractivity contribution >= 4 is 20.1 Å². The van der Waals surface area contributed by atoms with E-state index in [1.807, 2.05) is 0 Å². The van der Waals surface area contributed by atoms with E-state index in [0.29, 0.717) is 19.0 Å². The van der Waals surface area contributed by atoms with Gasteiger partial charge >= 0.3 is 6.03 Å². The second-order valence-electron chi connectivity index (χ2n) is 5.47. The topological polar surface area (TPSA) is 49.3 Å². The fraction of sp³-hybridized carbons (Fsp3) is 0.462. The van der Waals surface area contributed by atoms with Crippen molar-refractivity contribution in [3.8, 4) is 11.6 Å². The quantitative estimate of drug-likeness (QED) is 0.581. The van der Waals surface area contributed by atoms with Gasteiger partial charge in [-0.25, -0.2) is 14.8 Å². The number of urea groups is 1. The fourth-order valence-corrected chi connectivity index (χ4v) is 2.15. The molecule has 0 saturated carbocycles. The van der Waals surface area contributed by atoms with Crippen LogP contribution >= 0.6 is 0 Å². The number of anilines is 1. The zero-order valence-electron chi connectivity index (χ0n) is 11.6. The maximum atomic E-state index is 12.3. The molecule has 0 atom stereocenters. The predicted octanol–water partition coefficient (Wildman–Crippen LogP) is 1.95. The first kappa shape index (κ1) is 13.6. The number of hydrogen-bond donors (Lipinski definition) is 0. The van der Waals surface area contributed by atoms with Gasteiger partial charge in [0.05, 0.1) is 0 Å². The van der Waals surface area contributed by atoms with Crippen LogP contribution in [-0.2, 0) is 0 Å². The number of carbonyl (C=O) groups is 1. The molecule has 1 aromatic heterocycles. The van der Waals surface area contributed by atoms with Crippen LogP contribution in [0, 0.1) is 11.6 Å². The van der Waals surface area contributed by atoms with Crippen LogP contribution in [0.15, 0.2) is 18.5 Å². The largest absolute Gasteiger partial charge is 0.338 e. The highest BCUT2D eigenvalue weighted by atomic mass is 28.3. The van der Waals surface area contributed by atoms with Gasteiger partial charge in [0.2, 0.25) is 5.95 Å². The maximum Gasteiger partial charge on any atom is 0.338 e. The standard InChI is InChI=1S/C13H18N4OSi/c1-19(2,3)11-10-16-8-5-9-17(13(16)18)12-14-6-4-7-15-12/h4,6-7H,5,8-9H2,1-3H3. The number of rotatable bonds is 1. The summed E-state index contributed by atoms with van der Waals surface area (Å²) in [6, 6.07) is 4.62. The molecule has 0 radical (unpaired) electrons. The summed E-state index contributed by atoms with van der Waals surface area (Å²) in [5.41, 5.74) is 3.22. The highest BCUT2D eigenvalue weighted by molar-refractivity contribution is 6.83. The second kappa shape index (κ2) is 5.41. The average molecular weight is 274 g/mol. The molecule has 1 saturated heterocycles. The third-order valence-electron chi connectivity index (χ3n) is 2.58. The van der Waals surface area contributed by atoms with Crippen LogP contribution in [0.5, 0.6) is 0 Å². The minimum Gasteiger partial charge on any atom is -0.261 e. The molecule has 1 fully saturated rings. The first-order chi connectivity index (χ1) is 8.97. The summed E-state index contributed by atoms with van der Waals surface area (Å²) in [5, 5.41) is 0. The highest BCUT2D eigenvalue weighted by Gasteiger charge is 2.27. The SMILES string of the molecule is C[Si](C)(C)C#CN1CCCN(c2ncccn2)C1=O. The fourth-order valence-electron chi connectivity index (χ4n) is 1.68. The molecular weight excluding hydrogens is 256 g/mol. The summed E-state index contributed by atoms with van der Waals surface area (Å²) < 4.78 is 0. The Morgan fingerprint density at radius 1 is 1.21 bits per heavy atom. The van der Waals surface area contributed by atoms with Crippen molar-refractivity contribution in [1.29, 1.82) is 0 Å². The maximum absolute atomic E-state index is 12.3. The molecule has 0 N–H and O–H groups in total. The van der Waals surface area contributed by atoms with Crippen LogP contribution in [0.1, 0.15) is 6.42 Å². The van der Waals surface area contributed by atoms with E-state index < -0.39 is 8.07 Å². The first-order valence-electron chi connectivity index (χ1n) is 6.36. The summed E-state index contributed by atoms with van der Waals surface area (Å²) in [4.78, 5) is 23.7. The van der Waals surface area contributed by atoms with Crippen molar-refractivity contribution in [2.45, 2.75) is 26.1 Å². The molecule has 0 aromatic carbocycles. The summed E-state index contributed by atoms with van der Waals surface area (Å²) >= 11 is 0. The second-order valence-corrected chi connectivity index (χ2v) is 10.2. The van der Waals surface area contributed by atoms with E-state index in [9.17, 15) is 4.79 Å². The third-order valence-corrected chi connectivity index (χ3v) is 3.45. The summed E-state index contributed by atoms with van der Waals surface area (Å²) in [5.74, 6) is 0.451. The Labute approximate surface area is 114 Å². The predicted molar refractivity (Wildman–Crippen MR) is 77.2 cm³/mol. The van der Waals surface area contributed by atoms with Crippen molar-refractivity contribution < 1.29 is 4.79 Å². The smallest absolute Gasteiger partial charge is 0.261 e. The normalized spacial score (nSPS) is 16.1. The molecule has 5 nitrogen and oxygen atoms in total. The molecule has 100 valence electrons.